The molecule has 1 amide bonds. The molecule has 0 aromatic carbocycles. The fourth-order valence-corrected chi connectivity index (χ4v) is 0.867. The fraction of sp³-hybridized carbons (Fsp3) is 0.400. The predicted molar refractivity (Wildman–Crippen MR) is 31.6 cm³/mol. The topological polar surface area (TPSA) is 20.3 Å². The highest BCUT2D eigenvalue weighted by molar-refractivity contribution is 6.32. The molecule has 0 aromatic rings. The second-order valence-corrected chi connectivity index (χ2v) is 2.27. The Bertz CT molecular complexity index is 153. The number of amides is 1. The normalized spacial score (nSPS) is 19.5. The summed E-state index contributed by atoms with van der Waals surface area (Å²) in [5, 5.41) is 0.623. The molecule has 0 aromatic heterocycles. The highest BCUT2D eigenvalue weighted by atomic mass is 35.5. The van der Waals surface area contributed by atoms with E-state index in [0.29, 0.717) is 11.6 Å². The number of nitrogens with zero attached hydrogens (tertiary/aromatic N) is 1. The van der Waals surface area contributed by atoms with Crippen molar-refractivity contribution in [1.82, 2.24) is 4.90 Å². The molecular weight excluding hydrogens is 126 g/mol. The molecule has 0 fully saturated rings. The van der Waals surface area contributed by atoms with Gasteiger partial charge in [0, 0.05) is 18.2 Å². The van der Waals surface area contributed by atoms with E-state index >= 15 is 0 Å². The van der Waals surface area contributed by atoms with Crippen molar-refractivity contribution in [3.8, 4) is 0 Å². The van der Waals surface area contributed by atoms with Crippen LogP contribution in [0.1, 0.15) is 0 Å². The monoisotopic (exact) mass is 131 g/mol. The first-order valence-electron chi connectivity index (χ1n) is 2.31. The van der Waals surface area contributed by atoms with Crippen molar-refractivity contribution in [2.24, 2.45) is 0 Å². The molecular formula is C5H6ClNO. The van der Waals surface area contributed by atoms with Crippen LogP contribution in [0.15, 0.2) is 11.1 Å². The van der Waals surface area contributed by atoms with E-state index in [9.17, 15) is 4.79 Å². The van der Waals surface area contributed by atoms with Gasteiger partial charge >= 0.3 is 0 Å². The van der Waals surface area contributed by atoms with Crippen molar-refractivity contribution >= 4 is 17.5 Å². The van der Waals surface area contributed by atoms with Crippen molar-refractivity contribution < 1.29 is 4.79 Å². The number of hydrogen-bond acceptors (Lipinski definition) is 1. The van der Waals surface area contributed by atoms with Crippen molar-refractivity contribution in [2.75, 3.05) is 13.6 Å². The van der Waals surface area contributed by atoms with Gasteiger partial charge in [-0.2, -0.15) is 0 Å². The van der Waals surface area contributed by atoms with Crippen LogP contribution in [0, 0.1) is 0 Å². The van der Waals surface area contributed by atoms with Gasteiger partial charge in [0.2, 0.25) is 5.91 Å². The summed E-state index contributed by atoms with van der Waals surface area (Å²) in [4.78, 5) is 12.1. The zero-order valence-electron chi connectivity index (χ0n) is 4.52. The maximum atomic E-state index is 10.5. The Morgan fingerprint density at radius 2 is 2.50 bits per heavy atom. The van der Waals surface area contributed by atoms with Gasteiger partial charge < -0.3 is 4.90 Å². The maximum absolute atomic E-state index is 10.5. The third-order valence-electron chi connectivity index (χ3n) is 1.04. The number of likely N-dealkylation sites (N-methyl/N-ethyl adjacent to an activating group) is 1. The van der Waals surface area contributed by atoms with Gasteiger partial charge in [0.05, 0.1) is 6.54 Å². The average Bonchev–Trinajstić information content (AvgIpc) is 1.85. The molecule has 8 heavy (non-hydrogen) atoms. The lowest BCUT2D eigenvalue weighted by Crippen LogP contribution is -2.19. The van der Waals surface area contributed by atoms with E-state index < -0.39 is 0 Å². The van der Waals surface area contributed by atoms with Crippen molar-refractivity contribution in [3.05, 3.63) is 11.1 Å². The lowest BCUT2D eigenvalue weighted by atomic mass is 10.6. The SMILES string of the molecule is CN1CC(Cl)=CC1=O. The van der Waals surface area contributed by atoms with E-state index in [-0.39, 0.29) is 5.91 Å². The second-order valence-electron chi connectivity index (χ2n) is 1.79. The fourth-order valence-electron chi connectivity index (χ4n) is 0.594. The van der Waals surface area contributed by atoms with Crippen molar-refractivity contribution in [2.45, 2.75) is 0 Å². The Labute approximate surface area is 52.7 Å². The summed E-state index contributed by atoms with van der Waals surface area (Å²) in [7, 11) is 1.72. The smallest absolute Gasteiger partial charge is 0.247 e. The summed E-state index contributed by atoms with van der Waals surface area (Å²) in [6.45, 7) is 0.570. The summed E-state index contributed by atoms with van der Waals surface area (Å²) in [5.74, 6) is -0.00463. The van der Waals surface area contributed by atoms with Gasteiger partial charge in [-0.15, -0.1) is 0 Å². The van der Waals surface area contributed by atoms with Crippen LogP contribution in [0.25, 0.3) is 0 Å². The first kappa shape index (κ1) is 5.63. The molecule has 0 saturated heterocycles. The molecule has 0 spiro atoms. The summed E-state index contributed by atoms with van der Waals surface area (Å²) in [6.07, 6.45) is 1.43. The number of rotatable bonds is 0. The molecule has 0 aliphatic carbocycles. The molecule has 0 unspecified atom stereocenters. The van der Waals surface area contributed by atoms with Crippen LogP contribution >= 0.6 is 11.6 Å². The second kappa shape index (κ2) is 1.78. The highest BCUT2D eigenvalue weighted by Crippen LogP contribution is 2.10. The molecule has 1 heterocycles. The third-order valence-corrected chi connectivity index (χ3v) is 1.27. The van der Waals surface area contributed by atoms with Gasteiger partial charge in [0.25, 0.3) is 0 Å². The van der Waals surface area contributed by atoms with E-state index in [1.807, 2.05) is 0 Å². The largest absolute Gasteiger partial charge is 0.337 e. The molecule has 0 saturated carbocycles. The van der Waals surface area contributed by atoms with Crippen LogP contribution in [0.3, 0.4) is 0 Å². The van der Waals surface area contributed by atoms with E-state index in [1.54, 1.807) is 11.9 Å². The van der Waals surface area contributed by atoms with Crippen LogP contribution in [-0.4, -0.2) is 24.4 Å². The predicted octanol–water partition coefficient (Wildman–Crippen LogP) is 0.581. The van der Waals surface area contributed by atoms with Gasteiger partial charge in [-0.1, -0.05) is 11.6 Å². The number of carbonyl (C=O) groups is 1. The van der Waals surface area contributed by atoms with Gasteiger partial charge in [-0.25, -0.2) is 0 Å². The molecule has 0 radical (unpaired) electrons. The first-order valence-corrected chi connectivity index (χ1v) is 2.69. The van der Waals surface area contributed by atoms with Crippen LogP contribution < -0.4 is 0 Å². The summed E-state index contributed by atoms with van der Waals surface area (Å²) in [5.41, 5.74) is 0. The Balaban J connectivity index is 2.70. The zero-order valence-corrected chi connectivity index (χ0v) is 5.27. The van der Waals surface area contributed by atoms with Crippen LogP contribution in [0.2, 0.25) is 0 Å². The minimum absolute atomic E-state index is 0.00463. The third kappa shape index (κ3) is 0.842. The highest BCUT2D eigenvalue weighted by Gasteiger charge is 2.14. The van der Waals surface area contributed by atoms with E-state index in [4.69, 9.17) is 11.6 Å². The molecule has 2 nitrogen and oxygen atoms in total. The zero-order chi connectivity index (χ0) is 6.15. The van der Waals surface area contributed by atoms with Crippen molar-refractivity contribution in [3.63, 3.8) is 0 Å². The Hall–Kier alpha value is -0.500. The molecule has 44 valence electrons. The van der Waals surface area contributed by atoms with Crippen LogP contribution in [0.5, 0.6) is 0 Å². The summed E-state index contributed by atoms with van der Waals surface area (Å²) in [6, 6.07) is 0. The Morgan fingerprint density at radius 3 is 2.62 bits per heavy atom. The summed E-state index contributed by atoms with van der Waals surface area (Å²) >= 11 is 5.50. The molecule has 3 heteroatoms. The average molecular weight is 132 g/mol. The van der Waals surface area contributed by atoms with E-state index in [1.165, 1.54) is 6.08 Å². The van der Waals surface area contributed by atoms with Gasteiger partial charge in [-0.3, -0.25) is 4.79 Å². The Kier molecular flexibility index (Phi) is 1.26. The van der Waals surface area contributed by atoms with Crippen LogP contribution in [-0.2, 0) is 4.79 Å². The Morgan fingerprint density at radius 1 is 1.88 bits per heavy atom. The standard InChI is InChI=1S/C5H6ClNO/c1-7-3-4(6)2-5(7)8/h2H,3H2,1H3. The lowest BCUT2D eigenvalue weighted by molar-refractivity contribution is -0.123. The van der Waals surface area contributed by atoms with Gasteiger partial charge in [-0.05, 0) is 0 Å². The van der Waals surface area contributed by atoms with E-state index in [0.717, 1.165) is 0 Å². The van der Waals surface area contributed by atoms with Crippen molar-refractivity contribution in [1.29, 1.82) is 0 Å². The minimum Gasteiger partial charge on any atom is -0.337 e. The number of hydrogen-bond donors (Lipinski definition) is 0. The van der Waals surface area contributed by atoms with Gasteiger partial charge in [0.15, 0.2) is 0 Å². The molecule has 1 rings (SSSR count). The van der Waals surface area contributed by atoms with E-state index in [2.05, 4.69) is 0 Å². The summed E-state index contributed by atoms with van der Waals surface area (Å²) < 4.78 is 0. The van der Waals surface area contributed by atoms with Crippen LogP contribution in [0.4, 0.5) is 0 Å². The number of halogens is 1. The first-order chi connectivity index (χ1) is 3.70. The quantitative estimate of drug-likeness (QED) is 0.471. The minimum atomic E-state index is -0.00463. The lowest BCUT2D eigenvalue weighted by Gasteiger charge is -2.04. The molecule has 1 aliphatic heterocycles. The number of carbonyl (C=O) groups excluding carboxylic acids is 1. The molecule has 1 aliphatic rings. The molecule has 0 N–H and O–H groups in total. The maximum Gasteiger partial charge on any atom is 0.247 e. The molecule has 0 atom stereocenters. The van der Waals surface area contributed by atoms with Gasteiger partial charge in [0.1, 0.15) is 0 Å². The molecule has 0 bridgehead atoms.